The van der Waals surface area contributed by atoms with E-state index in [1.807, 2.05) is 0 Å². The minimum Gasteiger partial charge on any atom is -0.0654 e. The third-order valence-electron chi connectivity index (χ3n) is 5.71. The Bertz CT molecular complexity index is 874. The Hall–Kier alpha value is -2.34. The van der Waals surface area contributed by atoms with E-state index in [9.17, 15) is 0 Å². The van der Waals surface area contributed by atoms with Crippen LogP contribution in [0.3, 0.4) is 0 Å². The van der Waals surface area contributed by atoms with Gasteiger partial charge in [0.15, 0.2) is 0 Å². The Morgan fingerprint density at radius 2 is 1.14 bits per heavy atom. The van der Waals surface area contributed by atoms with E-state index in [0.717, 1.165) is 12.8 Å². The molecule has 0 unspecified atom stereocenters. The van der Waals surface area contributed by atoms with Gasteiger partial charge in [0, 0.05) is 0 Å². The zero-order valence-electron chi connectivity index (χ0n) is 17.8. The van der Waals surface area contributed by atoms with E-state index < -0.39 is 0 Å². The first-order valence-electron chi connectivity index (χ1n) is 11.1. The third-order valence-corrected chi connectivity index (χ3v) is 5.71. The summed E-state index contributed by atoms with van der Waals surface area (Å²) in [5.74, 6) is 0. The molecule has 0 aliphatic heterocycles. The average Bonchev–Trinajstić information content (AvgIpc) is 2.76. The second-order valence-corrected chi connectivity index (χ2v) is 7.75. The molecular weight excluding hydrogens is 336 g/mol. The molecule has 0 spiro atoms. The van der Waals surface area contributed by atoms with Gasteiger partial charge in [-0.05, 0) is 71.0 Å². The van der Waals surface area contributed by atoms with Crippen LogP contribution in [-0.4, -0.2) is 0 Å². The summed E-state index contributed by atoms with van der Waals surface area (Å²) < 4.78 is 0. The van der Waals surface area contributed by atoms with E-state index in [1.165, 1.54) is 59.9 Å². The number of rotatable bonds is 9. The van der Waals surface area contributed by atoms with Crippen molar-refractivity contribution < 1.29 is 0 Å². The summed E-state index contributed by atoms with van der Waals surface area (Å²) in [5, 5.41) is 0. The molecule has 0 aliphatic carbocycles. The van der Waals surface area contributed by atoms with Gasteiger partial charge in [-0.25, -0.2) is 0 Å². The van der Waals surface area contributed by atoms with Crippen molar-refractivity contribution in [3.63, 3.8) is 0 Å². The van der Waals surface area contributed by atoms with Crippen LogP contribution in [-0.2, 0) is 19.3 Å². The molecule has 0 heterocycles. The van der Waals surface area contributed by atoms with Crippen molar-refractivity contribution in [2.75, 3.05) is 0 Å². The van der Waals surface area contributed by atoms with Crippen molar-refractivity contribution in [2.24, 2.45) is 0 Å². The Morgan fingerprint density at radius 3 is 1.79 bits per heavy atom. The van der Waals surface area contributed by atoms with Gasteiger partial charge in [-0.15, -0.1) is 0 Å². The molecule has 0 amide bonds. The number of hydrogen-bond donors (Lipinski definition) is 0. The molecule has 0 nitrogen and oxygen atoms in total. The fourth-order valence-electron chi connectivity index (χ4n) is 4.08. The van der Waals surface area contributed by atoms with Crippen LogP contribution in [0.4, 0.5) is 0 Å². The van der Waals surface area contributed by atoms with Crippen molar-refractivity contribution in [1.29, 1.82) is 0 Å². The number of unbranched alkanes of at least 4 members (excludes halogenated alkanes) is 2. The SMILES string of the molecule is CCCCc1cc(-c2ccccc2-c2ccccc2)c(CCCC)cc1CC. The molecular formula is C28H34. The highest BCUT2D eigenvalue weighted by molar-refractivity contribution is 5.85. The summed E-state index contributed by atoms with van der Waals surface area (Å²) in [5.41, 5.74) is 10.1. The summed E-state index contributed by atoms with van der Waals surface area (Å²) in [7, 11) is 0. The summed E-state index contributed by atoms with van der Waals surface area (Å²) in [6.45, 7) is 6.87. The van der Waals surface area contributed by atoms with Gasteiger partial charge >= 0.3 is 0 Å². The molecule has 0 saturated carbocycles. The molecule has 146 valence electrons. The molecule has 3 rings (SSSR count). The van der Waals surface area contributed by atoms with Crippen LogP contribution in [0, 0.1) is 0 Å². The highest BCUT2D eigenvalue weighted by Gasteiger charge is 2.14. The zero-order valence-corrected chi connectivity index (χ0v) is 17.8. The zero-order chi connectivity index (χ0) is 19.8. The quantitative estimate of drug-likeness (QED) is 0.355. The van der Waals surface area contributed by atoms with E-state index >= 15 is 0 Å². The van der Waals surface area contributed by atoms with E-state index in [-0.39, 0.29) is 0 Å². The minimum atomic E-state index is 1.12. The van der Waals surface area contributed by atoms with E-state index in [1.54, 1.807) is 11.1 Å². The maximum atomic E-state index is 2.52. The Kier molecular flexibility index (Phi) is 7.48. The molecule has 0 aromatic heterocycles. The molecule has 28 heavy (non-hydrogen) atoms. The lowest BCUT2D eigenvalue weighted by molar-refractivity contribution is 0.779. The maximum absolute atomic E-state index is 2.52. The van der Waals surface area contributed by atoms with Crippen LogP contribution < -0.4 is 0 Å². The summed E-state index contributed by atoms with van der Waals surface area (Å²) in [6.07, 6.45) is 8.47. The summed E-state index contributed by atoms with van der Waals surface area (Å²) >= 11 is 0. The van der Waals surface area contributed by atoms with Gasteiger partial charge in [-0.1, -0.05) is 100 Å². The minimum absolute atomic E-state index is 1.12. The molecule has 0 bridgehead atoms. The lowest BCUT2D eigenvalue weighted by Gasteiger charge is -2.19. The van der Waals surface area contributed by atoms with Gasteiger partial charge < -0.3 is 0 Å². The molecule has 0 atom stereocenters. The Morgan fingerprint density at radius 1 is 0.536 bits per heavy atom. The Balaban J connectivity index is 2.17. The van der Waals surface area contributed by atoms with E-state index in [4.69, 9.17) is 0 Å². The van der Waals surface area contributed by atoms with Gasteiger partial charge in [0.25, 0.3) is 0 Å². The van der Waals surface area contributed by atoms with Crippen molar-refractivity contribution in [2.45, 2.75) is 65.7 Å². The molecule has 0 heteroatoms. The second-order valence-electron chi connectivity index (χ2n) is 7.75. The molecule has 0 radical (unpaired) electrons. The van der Waals surface area contributed by atoms with E-state index in [0.29, 0.717) is 0 Å². The topological polar surface area (TPSA) is 0 Å². The van der Waals surface area contributed by atoms with E-state index in [2.05, 4.69) is 87.5 Å². The van der Waals surface area contributed by atoms with Crippen molar-refractivity contribution >= 4 is 0 Å². The predicted molar refractivity (Wildman–Crippen MR) is 124 cm³/mol. The number of hydrogen-bond acceptors (Lipinski definition) is 0. The predicted octanol–water partition coefficient (Wildman–Crippen LogP) is 8.27. The Labute approximate surface area is 171 Å². The van der Waals surface area contributed by atoms with Crippen molar-refractivity contribution in [3.05, 3.63) is 83.4 Å². The molecule has 3 aromatic carbocycles. The largest absolute Gasteiger partial charge is 0.0654 e. The average molecular weight is 371 g/mol. The highest BCUT2D eigenvalue weighted by atomic mass is 14.2. The first-order chi connectivity index (χ1) is 13.8. The lowest BCUT2D eigenvalue weighted by atomic mass is 9.86. The molecule has 0 aliphatic rings. The van der Waals surface area contributed by atoms with Crippen LogP contribution in [0.5, 0.6) is 0 Å². The van der Waals surface area contributed by atoms with Crippen molar-refractivity contribution in [3.8, 4) is 22.3 Å². The van der Waals surface area contributed by atoms with Crippen LogP contribution in [0.25, 0.3) is 22.3 Å². The molecule has 0 fully saturated rings. The second kappa shape index (κ2) is 10.3. The van der Waals surface area contributed by atoms with Crippen molar-refractivity contribution in [1.82, 2.24) is 0 Å². The smallest absolute Gasteiger partial charge is 0.0103 e. The molecule has 0 N–H and O–H groups in total. The fraction of sp³-hybridized carbons (Fsp3) is 0.357. The van der Waals surface area contributed by atoms with Crippen LogP contribution in [0.1, 0.15) is 63.1 Å². The summed E-state index contributed by atoms with van der Waals surface area (Å²) in [6, 6.07) is 24.8. The normalized spacial score (nSPS) is 11.0. The van der Waals surface area contributed by atoms with Crippen LogP contribution >= 0.6 is 0 Å². The van der Waals surface area contributed by atoms with Gasteiger partial charge in [-0.2, -0.15) is 0 Å². The standard InChI is InChI=1S/C28H34/c1-4-7-14-24-21-28(25(15-8-5-2)20-22(24)6-3)27-19-13-12-18-26(27)23-16-10-9-11-17-23/h9-13,16-21H,4-8,14-15H2,1-3H3. The van der Waals surface area contributed by atoms with Crippen LogP contribution in [0.2, 0.25) is 0 Å². The first-order valence-corrected chi connectivity index (χ1v) is 11.1. The number of aryl methyl sites for hydroxylation is 3. The van der Waals surface area contributed by atoms with Gasteiger partial charge in [-0.3, -0.25) is 0 Å². The van der Waals surface area contributed by atoms with Gasteiger partial charge in [0.05, 0.1) is 0 Å². The number of benzene rings is 3. The lowest BCUT2D eigenvalue weighted by Crippen LogP contribution is -2.00. The monoisotopic (exact) mass is 370 g/mol. The van der Waals surface area contributed by atoms with Gasteiger partial charge in [0.1, 0.15) is 0 Å². The van der Waals surface area contributed by atoms with Crippen LogP contribution in [0.15, 0.2) is 66.7 Å². The molecule has 0 saturated heterocycles. The summed E-state index contributed by atoms with van der Waals surface area (Å²) in [4.78, 5) is 0. The fourth-order valence-corrected chi connectivity index (χ4v) is 4.08. The third kappa shape index (κ3) is 4.73. The van der Waals surface area contributed by atoms with Gasteiger partial charge in [0.2, 0.25) is 0 Å². The molecule has 3 aromatic rings. The maximum Gasteiger partial charge on any atom is -0.0103 e. The first kappa shape index (κ1) is 20.4. The highest BCUT2D eigenvalue weighted by Crippen LogP contribution is 2.36.